The Morgan fingerprint density at radius 3 is 2.65 bits per heavy atom. The van der Waals surface area contributed by atoms with Gasteiger partial charge in [-0.15, -0.1) is 0 Å². The second kappa shape index (κ2) is 8.77. The molecule has 0 aliphatic heterocycles. The lowest BCUT2D eigenvalue weighted by Crippen LogP contribution is -2.23. The number of rotatable bonds is 8. The van der Waals surface area contributed by atoms with E-state index in [4.69, 9.17) is 13.9 Å². The molecule has 0 aliphatic carbocycles. The highest BCUT2D eigenvalue weighted by Gasteiger charge is 2.12. The minimum atomic E-state index is -0.204. The van der Waals surface area contributed by atoms with E-state index >= 15 is 0 Å². The molecule has 7 nitrogen and oxygen atoms in total. The molecule has 0 unspecified atom stereocenters. The van der Waals surface area contributed by atoms with Crippen LogP contribution in [0.25, 0.3) is 11.5 Å². The van der Waals surface area contributed by atoms with Crippen molar-refractivity contribution in [1.29, 1.82) is 0 Å². The van der Waals surface area contributed by atoms with E-state index in [0.717, 1.165) is 0 Å². The molecule has 3 aromatic rings. The summed E-state index contributed by atoms with van der Waals surface area (Å²) in [6, 6.07) is 10.5. The summed E-state index contributed by atoms with van der Waals surface area (Å²) in [5.41, 5.74) is 1.78. The van der Waals surface area contributed by atoms with Gasteiger partial charge in [-0.05, 0) is 36.4 Å². The number of carbonyl (C=O) groups excluding carboxylic acids is 1. The van der Waals surface area contributed by atoms with Crippen molar-refractivity contribution in [2.45, 2.75) is 6.54 Å². The number of benzene rings is 1. The Bertz CT molecular complexity index is 832. The van der Waals surface area contributed by atoms with Crippen molar-refractivity contribution in [3.63, 3.8) is 0 Å². The monoisotopic (exact) mass is 353 g/mol. The Morgan fingerprint density at radius 1 is 1.12 bits per heavy atom. The molecule has 3 rings (SSSR count). The van der Waals surface area contributed by atoms with Gasteiger partial charge < -0.3 is 19.2 Å². The number of amides is 1. The zero-order valence-electron chi connectivity index (χ0n) is 14.3. The molecule has 0 spiro atoms. The van der Waals surface area contributed by atoms with E-state index in [1.54, 1.807) is 62.2 Å². The number of hydrogen-bond donors (Lipinski definition) is 1. The van der Waals surface area contributed by atoms with Crippen LogP contribution in [0.2, 0.25) is 0 Å². The van der Waals surface area contributed by atoms with Crippen LogP contribution >= 0.6 is 0 Å². The molecule has 0 radical (unpaired) electrons. The standard InChI is InChI=1S/C19H19N3O4/c1-24-11-12-25-15-6-4-14(5-7-15)19(23)22-13-16-18(21-9-8-20-16)17-3-2-10-26-17/h2-10H,11-13H2,1H3,(H,22,23). The molecular formula is C19H19N3O4. The molecule has 7 heteroatoms. The summed E-state index contributed by atoms with van der Waals surface area (Å²) in [6.45, 7) is 1.22. The van der Waals surface area contributed by atoms with Gasteiger partial charge in [-0.2, -0.15) is 0 Å². The maximum Gasteiger partial charge on any atom is 0.251 e. The van der Waals surface area contributed by atoms with Crippen LogP contribution in [-0.4, -0.2) is 36.2 Å². The van der Waals surface area contributed by atoms with Gasteiger partial charge in [-0.1, -0.05) is 0 Å². The van der Waals surface area contributed by atoms with Gasteiger partial charge in [0.2, 0.25) is 0 Å². The van der Waals surface area contributed by atoms with Gasteiger partial charge in [-0.3, -0.25) is 9.78 Å². The fourth-order valence-electron chi connectivity index (χ4n) is 2.33. The molecule has 134 valence electrons. The van der Waals surface area contributed by atoms with E-state index < -0.39 is 0 Å². The van der Waals surface area contributed by atoms with Crippen molar-refractivity contribution in [2.75, 3.05) is 20.3 Å². The number of carbonyl (C=O) groups is 1. The molecule has 2 aromatic heterocycles. The molecule has 0 bridgehead atoms. The van der Waals surface area contributed by atoms with Gasteiger partial charge in [0.25, 0.3) is 5.91 Å². The van der Waals surface area contributed by atoms with Crippen LogP contribution in [0.1, 0.15) is 16.1 Å². The van der Waals surface area contributed by atoms with Gasteiger partial charge >= 0.3 is 0 Å². The van der Waals surface area contributed by atoms with E-state index in [9.17, 15) is 4.79 Å². The SMILES string of the molecule is COCCOc1ccc(C(=O)NCc2nccnc2-c2ccco2)cc1. The molecule has 0 atom stereocenters. The summed E-state index contributed by atoms with van der Waals surface area (Å²) >= 11 is 0. The van der Waals surface area contributed by atoms with Crippen molar-refractivity contribution in [1.82, 2.24) is 15.3 Å². The maximum absolute atomic E-state index is 12.3. The fraction of sp³-hybridized carbons (Fsp3) is 0.211. The topological polar surface area (TPSA) is 86.5 Å². The lowest BCUT2D eigenvalue weighted by atomic mass is 10.2. The first-order valence-corrected chi connectivity index (χ1v) is 8.11. The molecule has 0 fully saturated rings. The van der Waals surface area contributed by atoms with Crippen molar-refractivity contribution in [3.8, 4) is 17.2 Å². The maximum atomic E-state index is 12.3. The third kappa shape index (κ3) is 4.46. The van der Waals surface area contributed by atoms with Gasteiger partial charge in [0, 0.05) is 25.1 Å². The van der Waals surface area contributed by atoms with E-state index in [0.29, 0.717) is 41.7 Å². The molecule has 1 aromatic carbocycles. The number of methoxy groups -OCH3 is 1. The largest absolute Gasteiger partial charge is 0.491 e. The first kappa shape index (κ1) is 17.6. The second-order valence-corrected chi connectivity index (χ2v) is 5.38. The van der Waals surface area contributed by atoms with Crippen molar-refractivity contribution in [2.24, 2.45) is 0 Å². The molecule has 0 saturated carbocycles. The molecule has 1 N–H and O–H groups in total. The van der Waals surface area contributed by atoms with Gasteiger partial charge in [-0.25, -0.2) is 4.98 Å². The highest BCUT2D eigenvalue weighted by molar-refractivity contribution is 5.94. The number of hydrogen-bond acceptors (Lipinski definition) is 6. The van der Waals surface area contributed by atoms with Crippen molar-refractivity contribution in [3.05, 3.63) is 66.3 Å². The molecule has 0 saturated heterocycles. The van der Waals surface area contributed by atoms with Crippen LogP contribution in [0.15, 0.2) is 59.5 Å². The minimum absolute atomic E-state index is 0.204. The third-order valence-electron chi connectivity index (χ3n) is 3.62. The number of nitrogens with one attached hydrogen (secondary N) is 1. The van der Waals surface area contributed by atoms with Crippen LogP contribution in [0.4, 0.5) is 0 Å². The van der Waals surface area contributed by atoms with Crippen LogP contribution in [0, 0.1) is 0 Å². The lowest BCUT2D eigenvalue weighted by Gasteiger charge is -2.09. The third-order valence-corrected chi connectivity index (χ3v) is 3.62. The predicted octanol–water partition coefficient (Wildman–Crippen LogP) is 2.69. The number of furan rings is 1. The first-order chi connectivity index (χ1) is 12.8. The average Bonchev–Trinajstić information content (AvgIpc) is 3.22. The summed E-state index contributed by atoms with van der Waals surface area (Å²) in [5, 5.41) is 2.85. The van der Waals surface area contributed by atoms with Crippen molar-refractivity contribution < 1.29 is 18.7 Å². The predicted molar refractivity (Wildman–Crippen MR) is 94.7 cm³/mol. The van der Waals surface area contributed by atoms with Crippen LogP contribution in [-0.2, 0) is 11.3 Å². The van der Waals surface area contributed by atoms with Crippen LogP contribution in [0.3, 0.4) is 0 Å². The molecule has 26 heavy (non-hydrogen) atoms. The molecular weight excluding hydrogens is 334 g/mol. The van der Waals surface area contributed by atoms with Gasteiger partial charge in [0.1, 0.15) is 18.1 Å². The van der Waals surface area contributed by atoms with Gasteiger partial charge in [0.05, 0.1) is 25.1 Å². The molecule has 2 heterocycles. The summed E-state index contributed by atoms with van der Waals surface area (Å²) in [6.07, 6.45) is 4.74. The minimum Gasteiger partial charge on any atom is -0.491 e. The highest BCUT2D eigenvalue weighted by Crippen LogP contribution is 2.20. The van der Waals surface area contributed by atoms with E-state index in [1.807, 2.05) is 0 Å². The number of aromatic nitrogens is 2. The number of ether oxygens (including phenoxy) is 2. The van der Waals surface area contributed by atoms with Crippen LogP contribution < -0.4 is 10.1 Å². The van der Waals surface area contributed by atoms with E-state index in [-0.39, 0.29) is 12.5 Å². The normalized spacial score (nSPS) is 10.5. The average molecular weight is 353 g/mol. The summed E-state index contributed by atoms with van der Waals surface area (Å²) in [7, 11) is 1.62. The lowest BCUT2D eigenvalue weighted by molar-refractivity contribution is 0.0950. The second-order valence-electron chi connectivity index (χ2n) is 5.38. The zero-order valence-corrected chi connectivity index (χ0v) is 14.3. The van der Waals surface area contributed by atoms with Crippen molar-refractivity contribution >= 4 is 5.91 Å². The Hall–Kier alpha value is -3.19. The Morgan fingerprint density at radius 2 is 1.92 bits per heavy atom. The zero-order chi connectivity index (χ0) is 18.2. The van der Waals surface area contributed by atoms with Gasteiger partial charge in [0.15, 0.2) is 5.76 Å². The molecule has 1 amide bonds. The Balaban J connectivity index is 1.61. The quantitative estimate of drug-likeness (QED) is 0.627. The fourth-order valence-corrected chi connectivity index (χ4v) is 2.33. The molecule has 0 aliphatic rings. The summed E-state index contributed by atoms with van der Waals surface area (Å²) in [5.74, 6) is 1.09. The van der Waals surface area contributed by atoms with E-state index in [1.165, 1.54) is 0 Å². The van der Waals surface area contributed by atoms with E-state index in [2.05, 4.69) is 15.3 Å². The highest BCUT2D eigenvalue weighted by atomic mass is 16.5. The Kier molecular flexibility index (Phi) is 5.95. The first-order valence-electron chi connectivity index (χ1n) is 8.11. The summed E-state index contributed by atoms with van der Waals surface area (Å²) in [4.78, 5) is 20.9. The smallest absolute Gasteiger partial charge is 0.251 e. The summed E-state index contributed by atoms with van der Waals surface area (Å²) < 4.78 is 15.8. The van der Waals surface area contributed by atoms with Crippen LogP contribution in [0.5, 0.6) is 5.75 Å². The Labute approximate surface area is 151 Å². The number of nitrogens with zero attached hydrogens (tertiary/aromatic N) is 2.